The van der Waals surface area contributed by atoms with Gasteiger partial charge in [0.2, 0.25) is 0 Å². The van der Waals surface area contributed by atoms with Crippen molar-refractivity contribution in [1.82, 2.24) is 4.90 Å². The Morgan fingerprint density at radius 2 is 1.93 bits per heavy atom. The highest BCUT2D eigenvalue weighted by Gasteiger charge is 2.24. The first-order valence-corrected chi connectivity index (χ1v) is 9.61. The molecule has 1 aliphatic rings. The van der Waals surface area contributed by atoms with E-state index in [1.54, 1.807) is 24.1 Å². The van der Waals surface area contributed by atoms with Crippen molar-refractivity contribution in [2.24, 2.45) is 0 Å². The fourth-order valence-corrected chi connectivity index (χ4v) is 3.43. The largest absolute Gasteiger partial charge is 0.383 e. The molecule has 2 aromatic carbocycles. The molecule has 3 rings (SSSR count). The highest BCUT2D eigenvalue weighted by molar-refractivity contribution is 5.96. The summed E-state index contributed by atoms with van der Waals surface area (Å²) in [6, 6.07) is 12.9. The average Bonchev–Trinajstić information content (AvgIpc) is 2.73. The Kier molecular flexibility index (Phi) is 6.66. The first kappa shape index (κ1) is 20.6. The Morgan fingerprint density at radius 3 is 2.59 bits per heavy atom. The predicted octanol–water partition coefficient (Wildman–Crippen LogP) is 2.92. The summed E-state index contributed by atoms with van der Waals surface area (Å²) in [5.41, 5.74) is 2.96. The first-order valence-electron chi connectivity index (χ1n) is 9.61. The molecule has 8 heteroatoms. The van der Waals surface area contributed by atoms with Crippen LogP contribution in [0, 0.1) is 17.0 Å². The molecule has 0 atom stereocenters. The zero-order chi connectivity index (χ0) is 20.8. The second-order valence-corrected chi connectivity index (χ2v) is 7.03. The first-order chi connectivity index (χ1) is 14.0. The van der Waals surface area contributed by atoms with Crippen LogP contribution in [-0.4, -0.2) is 62.2 Å². The van der Waals surface area contributed by atoms with Gasteiger partial charge < -0.3 is 19.9 Å². The second kappa shape index (κ2) is 9.38. The lowest BCUT2D eigenvalue weighted by molar-refractivity contribution is -0.384. The van der Waals surface area contributed by atoms with Crippen LogP contribution in [0.2, 0.25) is 0 Å². The van der Waals surface area contributed by atoms with E-state index in [1.807, 2.05) is 6.07 Å². The number of hydrogen-bond donors (Lipinski definition) is 1. The molecule has 0 spiro atoms. The van der Waals surface area contributed by atoms with Crippen molar-refractivity contribution >= 4 is 23.0 Å². The van der Waals surface area contributed by atoms with Gasteiger partial charge in [-0.05, 0) is 36.8 Å². The molecule has 1 saturated heterocycles. The average molecular weight is 398 g/mol. The molecule has 1 N–H and O–H groups in total. The zero-order valence-corrected chi connectivity index (χ0v) is 16.8. The fraction of sp³-hybridized carbons (Fsp3) is 0.381. The molecule has 0 aromatic heterocycles. The lowest BCUT2D eigenvalue weighted by Crippen LogP contribution is -2.48. The van der Waals surface area contributed by atoms with Gasteiger partial charge in [0.05, 0.1) is 11.5 Å². The maximum atomic E-state index is 12.9. The monoisotopic (exact) mass is 398 g/mol. The zero-order valence-electron chi connectivity index (χ0n) is 16.8. The number of nitro benzene ring substituents is 1. The quantitative estimate of drug-likeness (QED) is 0.438. The smallest absolute Gasteiger partial charge is 0.293 e. The van der Waals surface area contributed by atoms with Crippen LogP contribution in [0.15, 0.2) is 42.5 Å². The number of benzene rings is 2. The molecule has 8 nitrogen and oxygen atoms in total. The van der Waals surface area contributed by atoms with Crippen molar-refractivity contribution in [2.45, 2.75) is 6.92 Å². The number of anilines is 2. The Bertz CT molecular complexity index is 879. The van der Waals surface area contributed by atoms with Gasteiger partial charge in [-0.3, -0.25) is 14.9 Å². The summed E-state index contributed by atoms with van der Waals surface area (Å²) in [4.78, 5) is 27.9. The number of aryl methyl sites for hydroxylation is 1. The molecule has 0 unspecified atom stereocenters. The number of piperazine rings is 1. The number of methoxy groups -OCH3 is 1. The maximum absolute atomic E-state index is 12.9. The third kappa shape index (κ3) is 5.03. The minimum Gasteiger partial charge on any atom is -0.383 e. The summed E-state index contributed by atoms with van der Waals surface area (Å²) in [7, 11) is 1.57. The van der Waals surface area contributed by atoms with Gasteiger partial charge in [0, 0.05) is 57.2 Å². The number of nitrogens with zero attached hydrogens (tertiary/aromatic N) is 3. The third-order valence-corrected chi connectivity index (χ3v) is 5.00. The minimum atomic E-state index is -0.471. The van der Waals surface area contributed by atoms with E-state index in [1.165, 1.54) is 11.6 Å². The number of carbonyl (C=O) groups is 1. The summed E-state index contributed by atoms with van der Waals surface area (Å²) in [6.45, 7) is 5.56. The molecular formula is C21H26N4O4. The summed E-state index contributed by atoms with van der Waals surface area (Å²) in [5.74, 6) is -0.180. The van der Waals surface area contributed by atoms with E-state index in [4.69, 9.17) is 4.74 Å². The molecule has 0 saturated carbocycles. The summed E-state index contributed by atoms with van der Waals surface area (Å²) in [6.07, 6.45) is 0. The minimum absolute atomic E-state index is 0.106. The summed E-state index contributed by atoms with van der Waals surface area (Å²) < 4.78 is 4.96. The molecular weight excluding hydrogens is 372 g/mol. The molecule has 1 fully saturated rings. The van der Waals surface area contributed by atoms with Gasteiger partial charge in [-0.1, -0.05) is 12.1 Å². The van der Waals surface area contributed by atoms with Crippen molar-refractivity contribution in [1.29, 1.82) is 0 Å². The van der Waals surface area contributed by atoms with Gasteiger partial charge in [-0.2, -0.15) is 0 Å². The number of rotatable bonds is 7. The van der Waals surface area contributed by atoms with Crippen LogP contribution in [0.3, 0.4) is 0 Å². The van der Waals surface area contributed by atoms with E-state index < -0.39 is 4.92 Å². The van der Waals surface area contributed by atoms with E-state index in [2.05, 4.69) is 35.3 Å². The molecule has 2 aromatic rings. The SMILES string of the molecule is COCCNc1ccc(C(=O)N2CCN(c3cccc(C)c3)CC2)cc1[N+](=O)[O-]. The Balaban J connectivity index is 1.67. The van der Waals surface area contributed by atoms with Crippen LogP contribution in [0.5, 0.6) is 0 Å². The molecule has 1 aliphatic heterocycles. The molecule has 1 heterocycles. The van der Waals surface area contributed by atoms with Gasteiger partial charge in [-0.25, -0.2) is 0 Å². The van der Waals surface area contributed by atoms with E-state index in [9.17, 15) is 14.9 Å². The van der Waals surface area contributed by atoms with E-state index in [-0.39, 0.29) is 11.6 Å². The van der Waals surface area contributed by atoms with Gasteiger partial charge in [0.1, 0.15) is 5.69 Å². The van der Waals surface area contributed by atoms with Gasteiger partial charge in [-0.15, -0.1) is 0 Å². The number of hydrogen-bond acceptors (Lipinski definition) is 6. The fourth-order valence-electron chi connectivity index (χ4n) is 3.43. The van der Waals surface area contributed by atoms with Crippen LogP contribution in [0.25, 0.3) is 0 Å². The Morgan fingerprint density at radius 1 is 1.17 bits per heavy atom. The topological polar surface area (TPSA) is 88.0 Å². The van der Waals surface area contributed by atoms with Crippen molar-refractivity contribution in [3.8, 4) is 0 Å². The van der Waals surface area contributed by atoms with Crippen LogP contribution >= 0.6 is 0 Å². The van der Waals surface area contributed by atoms with Crippen molar-refractivity contribution in [3.63, 3.8) is 0 Å². The van der Waals surface area contributed by atoms with E-state index >= 15 is 0 Å². The van der Waals surface area contributed by atoms with Crippen LogP contribution in [0.4, 0.5) is 17.1 Å². The van der Waals surface area contributed by atoms with E-state index in [0.29, 0.717) is 37.5 Å². The Labute approximate surface area is 170 Å². The van der Waals surface area contributed by atoms with Crippen LogP contribution in [0.1, 0.15) is 15.9 Å². The normalized spacial score (nSPS) is 14.0. The van der Waals surface area contributed by atoms with Gasteiger partial charge in [0.15, 0.2) is 0 Å². The molecule has 154 valence electrons. The number of carbonyl (C=O) groups excluding carboxylic acids is 1. The number of amides is 1. The summed E-state index contributed by atoms with van der Waals surface area (Å²) in [5, 5.41) is 14.4. The predicted molar refractivity (Wildman–Crippen MR) is 113 cm³/mol. The Hall–Kier alpha value is -3.13. The maximum Gasteiger partial charge on any atom is 0.293 e. The van der Waals surface area contributed by atoms with Crippen LogP contribution in [-0.2, 0) is 4.74 Å². The molecule has 0 aliphatic carbocycles. The number of nitrogens with one attached hydrogen (secondary N) is 1. The number of ether oxygens (including phenoxy) is 1. The second-order valence-electron chi connectivity index (χ2n) is 7.03. The summed E-state index contributed by atoms with van der Waals surface area (Å²) >= 11 is 0. The lowest BCUT2D eigenvalue weighted by Gasteiger charge is -2.36. The molecule has 1 amide bonds. The lowest BCUT2D eigenvalue weighted by atomic mass is 10.1. The van der Waals surface area contributed by atoms with E-state index in [0.717, 1.165) is 18.8 Å². The molecule has 0 bridgehead atoms. The van der Waals surface area contributed by atoms with Crippen molar-refractivity contribution in [2.75, 3.05) is 56.7 Å². The van der Waals surface area contributed by atoms with Gasteiger partial charge in [0.25, 0.3) is 11.6 Å². The number of nitro groups is 1. The standard InChI is InChI=1S/C21H26N4O4/c1-16-4-3-5-18(14-16)23-9-11-24(12-10-23)21(26)17-6-7-19(22-8-13-29-2)20(15-17)25(27)28/h3-7,14-15,22H,8-13H2,1-2H3. The van der Waals surface area contributed by atoms with Gasteiger partial charge >= 0.3 is 0 Å². The van der Waals surface area contributed by atoms with Crippen molar-refractivity contribution < 1.29 is 14.5 Å². The highest BCUT2D eigenvalue weighted by atomic mass is 16.6. The van der Waals surface area contributed by atoms with Crippen LogP contribution < -0.4 is 10.2 Å². The third-order valence-electron chi connectivity index (χ3n) is 5.00. The van der Waals surface area contributed by atoms with Crippen molar-refractivity contribution in [3.05, 3.63) is 63.7 Å². The highest BCUT2D eigenvalue weighted by Crippen LogP contribution is 2.26. The molecule has 0 radical (unpaired) electrons. The molecule has 29 heavy (non-hydrogen) atoms.